The molecule has 0 aliphatic carbocycles. The molecular weight excluding hydrogens is 306 g/mol. The molecule has 7 heteroatoms. The molecule has 0 bridgehead atoms. The molecule has 1 saturated heterocycles. The highest BCUT2D eigenvalue weighted by molar-refractivity contribution is 6.01. The molecule has 0 radical (unpaired) electrons. The Bertz CT molecular complexity index is 603. The average molecular weight is 322 g/mol. The van der Waals surface area contributed by atoms with Crippen LogP contribution in [-0.4, -0.2) is 31.8 Å². The summed E-state index contributed by atoms with van der Waals surface area (Å²) in [7, 11) is 0. The molecule has 1 atom stereocenters. The van der Waals surface area contributed by atoms with Crippen LogP contribution in [0.5, 0.6) is 5.75 Å². The molecule has 0 spiro atoms. The van der Waals surface area contributed by atoms with Crippen molar-refractivity contribution in [2.45, 2.75) is 25.6 Å². The van der Waals surface area contributed by atoms with Crippen LogP contribution < -0.4 is 10.1 Å². The van der Waals surface area contributed by atoms with Gasteiger partial charge in [-0.3, -0.25) is 4.79 Å². The van der Waals surface area contributed by atoms with E-state index in [4.69, 9.17) is 10.00 Å². The molecule has 1 amide bonds. The number of nitrogens with one attached hydrogen (secondary N) is 1. The molecule has 1 aromatic carbocycles. The van der Waals surface area contributed by atoms with E-state index in [1.807, 2.05) is 6.07 Å². The lowest BCUT2D eigenvalue weighted by Gasteiger charge is -2.10. The fourth-order valence-electron chi connectivity index (χ4n) is 2.17. The highest BCUT2D eigenvalue weighted by Gasteiger charge is 2.17. The van der Waals surface area contributed by atoms with Gasteiger partial charge in [-0.05, 0) is 36.6 Å². The van der Waals surface area contributed by atoms with Gasteiger partial charge in [-0.15, -0.1) is 0 Å². The monoisotopic (exact) mass is 322 g/mol. The summed E-state index contributed by atoms with van der Waals surface area (Å²) in [6, 6.07) is 7.50. The van der Waals surface area contributed by atoms with Crippen molar-refractivity contribution in [3.05, 3.63) is 35.4 Å². The molecule has 0 unspecified atom stereocenters. The van der Waals surface area contributed by atoms with Crippen LogP contribution in [0, 0.1) is 11.3 Å². The number of nitrogens with zero attached hydrogens (tertiary/aromatic N) is 1. The summed E-state index contributed by atoms with van der Waals surface area (Å²) in [5, 5.41) is 11.7. The highest BCUT2D eigenvalue weighted by Crippen LogP contribution is 2.17. The lowest BCUT2D eigenvalue weighted by atomic mass is 10.1. The van der Waals surface area contributed by atoms with Gasteiger partial charge >= 0.3 is 6.61 Å². The summed E-state index contributed by atoms with van der Waals surface area (Å²) in [5.41, 5.74) is 0.473. The Kier molecular flexibility index (Phi) is 6.06. The van der Waals surface area contributed by atoms with Crippen molar-refractivity contribution >= 4 is 12.0 Å². The fraction of sp³-hybridized carbons (Fsp3) is 0.375. The maximum Gasteiger partial charge on any atom is 0.387 e. The van der Waals surface area contributed by atoms with Crippen LogP contribution in [0.25, 0.3) is 6.08 Å². The van der Waals surface area contributed by atoms with E-state index in [0.717, 1.165) is 12.8 Å². The molecule has 1 heterocycles. The quantitative estimate of drug-likeness (QED) is 0.645. The van der Waals surface area contributed by atoms with E-state index in [0.29, 0.717) is 18.7 Å². The van der Waals surface area contributed by atoms with Crippen LogP contribution in [0.4, 0.5) is 8.78 Å². The minimum absolute atomic E-state index is 0.00956. The Hall–Kier alpha value is -2.46. The summed E-state index contributed by atoms with van der Waals surface area (Å²) < 4.78 is 33.7. The van der Waals surface area contributed by atoms with Gasteiger partial charge in [0.05, 0.1) is 6.10 Å². The molecule has 1 N–H and O–H groups in total. The van der Waals surface area contributed by atoms with Crippen LogP contribution >= 0.6 is 0 Å². The van der Waals surface area contributed by atoms with Crippen molar-refractivity contribution in [1.82, 2.24) is 5.32 Å². The van der Waals surface area contributed by atoms with E-state index < -0.39 is 12.5 Å². The first-order valence-corrected chi connectivity index (χ1v) is 7.15. The van der Waals surface area contributed by atoms with Crippen molar-refractivity contribution in [3.63, 3.8) is 0 Å². The summed E-state index contributed by atoms with van der Waals surface area (Å²) in [6.45, 7) is -1.84. The lowest BCUT2D eigenvalue weighted by molar-refractivity contribution is -0.117. The van der Waals surface area contributed by atoms with E-state index in [-0.39, 0.29) is 17.4 Å². The molecule has 5 nitrogen and oxygen atoms in total. The number of amides is 1. The number of nitriles is 1. The number of halogens is 2. The molecule has 1 aromatic rings. The van der Waals surface area contributed by atoms with Crippen LogP contribution in [0.15, 0.2) is 29.8 Å². The lowest BCUT2D eigenvalue weighted by Crippen LogP contribution is -2.32. The van der Waals surface area contributed by atoms with Crippen molar-refractivity contribution < 1.29 is 23.0 Å². The Morgan fingerprint density at radius 1 is 1.48 bits per heavy atom. The SMILES string of the molecule is N#C/C(=C/c1ccc(OC(F)F)cc1)C(=O)NC[C@H]1CCCO1. The smallest absolute Gasteiger partial charge is 0.387 e. The topological polar surface area (TPSA) is 71.3 Å². The van der Waals surface area contributed by atoms with Gasteiger partial charge in [0, 0.05) is 13.2 Å². The van der Waals surface area contributed by atoms with E-state index in [9.17, 15) is 13.6 Å². The zero-order valence-corrected chi connectivity index (χ0v) is 12.3. The van der Waals surface area contributed by atoms with Crippen LogP contribution in [0.2, 0.25) is 0 Å². The number of benzene rings is 1. The van der Waals surface area contributed by atoms with Gasteiger partial charge in [-0.2, -0.15) is 14.0 Å². The molecule has 0 aromatic heterocycles. The Balaban J connectivity index is 1.96. The molecular formula is C16H16F2N2O3. The van der Waals surface area contributed by atoms with Gasteiger partial charge in [0.15, 0.2) is 0 Å². The van der Waals surface area contributed by atoms with E-state index in [1.54, 1.807) is 0 Å². The van der Waals surface area contributed by atoms with E-state index in [2.05, 4.69) is 10.1 Å². The predicted molar refractivity (Wildman–Crippen MR) is 78.6 cm³/mol. The largest absolute Gasteiger partial charge is 0.435 e. The third-order valence-electron chi connectivity index (χ3n) is 3.30. The fourth-order valence-corrected chi connectivity index (χ4v) is 2.17. The zero-order valence-electron chi connectivity index (χ0n) is 12.3. The number of carbonyl (C=O) groups is 1. The van der Waals surface area contributed by atoms with Gasteiger partial charge in [0.2, 0.25) is 0 Å². The minimum atomic E-state index is -2.89. The molecule has 2 rings (SSSR count). The third kappa shape index (κ3) is 5.34. The number of carbonyl (C=O) groups excluding carboxylic acids is 1. The van der Waals surface area contributed by atoms with Crippen molar-refractivity contribution in [3.8, 4) is 11.8 Å². The van der Waals surface area contributed by atoms with Crippen molar-refractivity contribution in [2.24, 2.45) is 0 Å². The van der Waals surface area contributed by atoms with E-state index in [1.165, 1.54) is 30.3 Å². The summed E-state index contributed by atoms with van der Waals surface area (Å²) in [6.07, 6.45) is 3.23. The second kappa shape index (κ2) is 8.25. The van der Waals surface area contributed by atoms with Gasteiger partial charge in [0.25, 0.3) is 5.91 Å². The van der Waals surface area contributed by atoms with Crippen LogP contribution in [0.1, 0.15) is 18.4 Å². The molecule has 23 heavy (non-hydrogen) atoms. The first kappa shape index (κ1) is 16.9. The maximum atomic E-state index is 12.1. The molecule has 0 saturated carbocycles. The molecule has 1 aliphatic rings. The van der Waals surface area contributed by atoms with Gasteiger partial charge in [0.1, 0.15) is 17.4 Å². The van der Waals surface area contributed by atoms with Gasteiger partial charge in [-0.25, -0.2) is 0 Å². The normalized spacial score (nSPS) is 17.8. The van der Waals surface area contributed by atoms with Gasteiger partial charge in [-0.1, -0.05) is 12.1 Å². The predicted octanol–water partition coefficient (Wildman–Crippen LogP) is 2.49. The molecule has 122 valence electrons. The summed E-state index contributed by atoms with van der Waals surface area (Å²) in [5.74, 6) is -0.477. The number of rotatable bonds is 6. The second-order valence-corrected chi connectivity index (χ2v) is 4.96. The number of ether oxygens (including phenoxy) is 2. The van der Waals surface area contributed by atoms with Gasteiger partial charge < -0.3 is 14.8 Å². The number of hydrogen-bond donors (Lipinski definition) is 1. The Morgan fingerprint density at radius 3 is 2.78 bits per heavy atom. The van der Waals surface area contributed by atoms with Crippen molar-refractivity contribution in [2.75, 3.05) is 13.2 Å². The first-order valence-electron chi connectivity index (χ1n) is 7.15. The van der Waals surface area contributed by atoms with Crippen LogP contribution in [0.3, 0.4) is 0 Å². The number of hydrogen-bond acceptors (Lipinski definition) is 4. The zero-order chi connectivity index (χ0) is 16.7. The Morgan fingerprint density at radius 2 is 2.22 bits per heavy atom. The van der Waals surface area contributed by atoms with Crippen LogP contribution in [-0.2, 0) is 9.53 Å². The third-order valence-corrected chi connectivity index (χ3v) is 3.30. The Labute approximate surface area is 132 Å². The average Bonchev–Trinajstić information content (AvgIpc) is 3.04. The number of alkyl halides is 2. The highest BCUT2D eigenvalue weighted by atomic mass is 19.3. The standard InChI is InChI=1S/C16H16F2N2O3/c17-16(18)23-13-5-3-11(4-6-13)8-12(9-19)15(21)20-10-14-2-1-7-22-14/h3-6,8,14,16H,1-2,7,10H2,(H,20,21)/b12-8-/t14-/m1/s1. The summed E-state index contributed by atoms with van der Waals surface area (Å²) in [4.78, 5) is 12.0. The molecule has 1 aliphatic heterocycles. The minimum Gasteiger partial charge on any atom is -0.435 e. The maximum absolute atomic E-state index is 12.1. The van der Waals surface area contributed by atoms with Crippen molar-refractivity contribution in [1.29, 1.82) is 5.26 Å². The first-order chi connectivity index (χ1) is 11.1. The molecule has 1 fully saturated rings. The second-order valence-electron chi connectivity index (χ2n) is 4.96. The van der Waals surface area contributed by atoms with E-state index >= 15 is 0 Å². The summed E-state index contributed by atoms with van der Waals surface area (Å²) >= 11 is 0.